The standard InChI is InChI=1S/C17H23BN2O7/c21-15-10(3-5-18(25)26)1-2-13(14(15)17(23)24)27-12-8-20(9-12)16(22)11-4-6-19-7-11/h1-2,11-12,19,21,25-26H,3-9H2,(H,23,24). The van der Waals surface area contributed by atoms with Crippen molar-refractivity contribution in [2.24, 2.45) is 5.92 Å². The number of carboxylic acid groups (broad SMARTS) is 1. The van der Waals surface area contributed by atoms with Gasteiger partial charge in [0.05, 0.1) is 19.0 Å². The van der Waals surface area contributed by atoms with Crippen LogP contribution in [0.5, 0.6) is 11.5 Å². The summed E-state index contributed by atoms with van der Waals surface area (Å²) >= 11 is 0. The number of nitrogens with zero attached hydrogens (tertiary/aromatic N) is 1. The van der Waals surface area contributed by atoms with E-state index in [1.54, 1.807) is 4.90 Å². The third-order valence-electron chi connectivity index (χ3n) is 4.97. The molecule has 0 radical (unpaired) electrons. The van der Waals surface area contributed by atoms with Gasteiger partial charge in [0.1, 0.15) is 23.2 Å². The Hall–Kier alpha value is -2.30. The van der Waals surface area contributed by atoms with Crippen LogP contribution < -0.4 is 10.1 Å². The minimum absolute atomic E-state index is 0.00858. The van der Waals surface area contributed by atoms with Crippen molar-refractivity contribution in [3.63, 3.8) is 0 Å². The van der Waals surface area contributed by atoms with Crippen LogP contribution in [0.1, 0.15) is 22.3 Å². The number of aromatic hydroxyl groups is 1. The van der Waals surface area contributed by atoms with Crippen LogP contribution >= 0.6 is 0 Å². The molecule has 0 bridgehead atoms. The van der Waals surface area contributed by atoms with Gasteiger partial charge in [-0.15, -0.1) is 0 Å². The molecule has 0 saturated carbocycles. The molecule has 1 unspecified atom stereocenters. The maximum Gasteiger partial charge on any atom is 0.451 e. The molecule has 27 heavy (non-hydrogen) atoms. The Morgan fingerprint density at radius 3 is 2.63 bits per heavy atom. The third-order valence-corrected chi connectivity index (χ3v) is 4.97. The van der Waals surface area contributed by atoms with Crippen molar-refractivity contribution < 1.29 is 34.6 Å². The molecule has 0 aliphatic carbocycles. The van der Waals surface area contributed by atoms with Crippen molar-refractivity contribution >= 4 is 19.0 Å². The summed E-state index contributed by atoms with van der Waals surface area (Å²) in [6, 6.07) is 2.96. The highest BCUT2D eigenvalue weighted by Gasteiger charge is 2.37. The maximum atomic E-state index is 12.3. The molecule has 1 aromatic rings. The summed E-state index contributed by atoms with van der Waals surface area (Å²) in [5.41, 5.74) is -0.0586. The first-order valence-electron chi connectivity index (χ1n) is 8.97. The lowest BCUT2D eigenvalue weighted by atomic mass is 9.82. The molecule has 0 aromatic heterocycles. The Labute approximate surface area is 156 Å². The second-order valence-electron chi connectivity index (χ2n) is 6.94. The van der Waals surface area contributed by atoms with E-state index in [-0.39, 0.29) is 42.0 Å². The number of hydrogen-bond acceptors (Lipinski definition) is 7. The Balaban J connectivity index is 1.64. The first-order chi connectivity index (χ1) is 12.9. The van der Waals surface area contributed by atoms with E-state index in [1.807, 2.05) is 0 Å². The number of aromatic carboxylic acids is 1. The number of carbonyl (C=O) groups is 2. The van der Waals surface area contributed by atoms with Gasteiger partial charge in [0.15, 0.2) is 0 Å². The minimum Gasteiger partial charge on any atom is -0.507 e. The quantitative estimate of drug-likeness (QED) is 0.393. The van der Waals surface area contributed by atoms with E-state index in [0.717, 1.165) is 13.0 Å². The second-order valence-corrected chi connectivity index (χ2v) is 6.94. The molecule has 2 aliphatic rings. The fraction of sp³-hybridized carbons (Fsp3) is 0.529. The molecular weight excluding hydrogens is 355 g/mol. The van der Waals surface area contributed by atoms with E-state index in [0.29, 0.717) is 25.2 Å². The average molecular weight is 378 g/mol. The number of aryl methyl sites for hydroxylation is 1. The molecule has 2 fully saturated rings. The molecule has 9 nitrogen and oxygen atoms in total. The summed E-state index contributed by atoms with van der Waals surface area (Å²) in [5, 5.41) is 40.7. The van der Waals surface area contributed by atoms with Crippen LogP contribution in [0.3, 0.4) is 0 Å². The summed E-state index contributed by atoms with van der Waals surface area (Å²) in [4.78, 5) is 25.5. The molecular formula is C17H23BN2O7. The summed E-state index contributed by atoms with van der Waals surface area (Å²) < 4.78 is 5.70. The molecule has 2 aliphatic heterocycles. The highest BCUT2D eigenvalue weighted by atomic mass is 16.5. The highest BCUT2D eigenvalue weighted by molar-refractivity contribution is 6.41. The monoisotopic (exact) mass is 378 g/mol. The van der Waals surface area contributed by atoms with Crippen LogP contribution in [-0.4, -0.2) is 76.4 Å². The SMILES string of the molecule is O=C(O)c1c(OC2CN(C(=O)C3CCNC3)C2)ccc(CCB(O)O)c1O. The maximum absolute atomic E-state index is 12.3. The number of nitrogens with one attached hydrogen (secondary N) is 1. The van der Waals surface area contributed by atoms with Gasteiger partial charge in [-0.1, -0.05) is 6.07 Å². The predicted octanol–water partition coefficient (Wildman–Crippen LogP) is -0.695. The molecule has 1 aromatic carbocycles. The van der Waals surface area contributed by atoms with Gasteiger partial charge in [-0.05, 0) is 37.3 Å². The van der Waals surface area contributed by atoms with Gasteiger partial charge in [-0.3, -0.25) is 4.79 Å². The molecule has 2 saturated heterocycles. The average Bonchev–Trinajstić information content (AvgIpc) is 3.10. The molecule has 1 amide bonds. The van der Waals surface area contributed by atoms with E-state index >= 15 is 0 Å². The Morgan fingerprint density at radius 1 is 1.30 bits per heavy atom. The topological polar surface area (TPSA) is 140 Å². The fourth-order valence-corrected chi connectivity index (χ4v) is 3.40. The summed E-state index contributed by atoms with van der Waals surface area (Å²) in [6.07, 6.45) is 0.584. The van der Waals surface area contributed by atoms with Gasteiger partial charge in [-0.25, -0.2) is 4.79 Å². The number of likely N-dealkylation sites (tertiary alicyclic amines) is 1. The fourth-order valence-electron chi connectivity index (χ4n) is 3.40. The van der Waals surface area contributed by atoms with Crippen LogP contribution in [0, 0.1) is 5.92 Å². The largest absolute Gasteiger partial charge is 0.507 e. The van der Waals surface area contributed by atoms with Crippen molar-refractivity contribution in [3.8, 4) is 11.5 Å². The normalized spacial score (nSPS) is 19.6. The molecule has 2 heterocycles. The number of carbonyl (C=O) groups excluding carboxylic acids is 1. The van der Waals surface area contributed by atoms with Crippen LogP contribution in [0.15, 0.2) is 12.1 Å². The van der Waals surface area contributed by atoms with Gasteiger partial charge in [0.2, 0.25) is 5.91 Å². The first kappa shape index (κ1) is 19.5. The summed E-state index contributed by atoms with van der Waals surface area (Å²) in [5.74, 6) is -1.67. The van der Waals surface area contributed by atoms with Crippen molar-refractivity contribution in [1.29, 1.82) is 0 Å². The number of hydrogen-bond donors (Lipinski definition) is 5. The zero-order valence-electron chi connectivity index (χ0n) is 14.8. The molecule has 3 rings (SSSR count). The van der Waals surface area contributed by atoms with E-state index in [4.69, 9.17) is 14.8 Å². The first-order valence-corrected chi connectivity index (χ1v) is 8.97. The molecule has 146 valence electrons. The van der Waals surface area contributed by atoms with Crippen molar-refractivity contribution in [3.05, 3.63) is 23.3 Å². The van der Waals surface area contributed by atoms with Gasteiger partial charge in [0, 0.05) is 6.54 Å². The molecule has 10 heteroatoms. The Morgan fingerprint density at radius 2 is 2.04 bits per heavy atom. The number of rotatable bonds is 7. The number of benzene rings is 1. The number of carboxylic acids is 1. The highest BCUT2D eigenvalue weighted by Crippen LogP contribution is 2.34. The lowest BCUT2D eigenvalue weighted by Gasteiger charge is -2.40. The number of ether oxygens (including phenoxy) is 1. The Kier molecular flexibility index (Phi) is 5.88. The van der Waals surface area contributed by atoms with E-state index < -0.39 is 18.8 Å². The number of amides is 1. The van der Waals surface area contributed by atoms with Gasteiger partial charge in [-0.2, -0.15) is 0 Å². The van der Waals surface area contributed by atoms with E-state index in [9.17, 15) is 19.8 Å². The van der Waals surface area contributed by atoms with Crippen LogP contribution in [-0.2, 0) is 11.2 Å². The van der Waals surface area contributed by atoms with Crippen LogP contribution in [0.2, 0.25) is 6.32 Å². The van der Waals surface area contributed by atoms with Crippen molar-refractivity contribution in [1.82, 2.24) is 10.2 Å². The molecule has 1 atom stereocenters. The minimum atomic E-state index is -1.54. The van der Waals surface area contributed by atoms with Gasteiger partial charge in [0.25, 0.3) is 0 Å². The van der Waals surface area contributed by atoms with Crippen molar-refractivity contribution in [2.75, 3.05) is 26.2 Å². The summed E-state index contributed by atoms with van der Waals surface area (Å²) in [7, 11) is -1.54. The zero-order valence-corrected chi connectivity index (χ0v) is 14.8. The predicted molar refractivity (Wildman–Crippen MR) is 95.7 cm³/mol. The lowest BCUT2D eigenvalue weighted by Crippen LogP contribution is -2.57. The lowest BCUT2D eigenvalue weighted by molar-refractivity contribution is -0.143. The second kappa shape index (κ2) is 8.16. The summed E-state index contributed by atoms with van der Waals surface area (Å²) in [6.45, 7) is 2.29. The van der Waals surface area contributed by atoms with Gasteiger partial charge < -0.3 is 35.2 Å². The van der Waals surface area contributed by atoms with Crippen LogP contribution in [0.25, 0.3) is 0 Å². The number of phenols is 1. The third kappa shape index (κ3) is 4.34. The van der Waals surface area contributed by atoms with Crippen LogP contribution in [0.4, 0.5) is 0 Å². The Bertz CT molecular complexity index is 715. The van der Waals surface area contributed by atoms with Crippen molar-refractivity contribution in [2.45, 2.75) is 25.3 Å². The molecule has 5 N–H and O–H groups in total. The smallest absolute Gasteiger partial charge is 0.451 e. The van der Waals surface area contributed by atoms with E-state index in [1.165, 1.54) is 12.1 Å². The van der Waals surface area contributed by atoms with E-state index in [2.05, 4.69) is 5.32 Å². The molecule has 0 spiro atoms. The zero-order chi connectivity index (χ0) is 19.6. The van der Waals surface area contributed by atoms with Gasteiger partial charge >= 0.3 is 13.1 Å².